The first-order valence-electron chi connectivity index (χ1n) is 4.33. The molecule has 0 aliphatic rings. The van der Waals surface area contributed by atoms with Crippen LogP contribution < -0.4 is 5.32 Å². The molecule has 0 fully saturated rings. The van der Waals surface area contributed by atoms with Crippen LogP contribution in [0.1, 0.15) is 5.56 Å². The van der Waals surface area contributed by atoms with E-state index in [1.165, 1.54) is 6.08 Å². The Hall–Kier alpha value is -1.77. The van der Waals surface area contributed by atoms with Crippen molar-refractivity contribution in [3.05, 3.63) is 42.5 Å². The summed E-state index contributed by atoms with van der Waals surface area (Å²) in [6, 6.07) is 7.51. The second-order valence-corrected chi connectivity index (χ2v) is 2.88. The summed E-state index contributed by atoms with van der Waals surface area (Å²) >= 11 is 0. The number of carbonyl (C=O) groups is 1. The molecule has 3 nitrogen and oxygen atoms in total. The molecule has 1 amide bonds. The Morgan fingerprint density at radius 2 is 2.43 bits per heavy atom. The van der Waals surface area contributed by atoms with Crippen molar-refractivity contribution in [1.82, 2.24) is 0 Å². The Bertz CT molecular complexity index is 334. The van der Waals surface area contributed by atoms with Gasteiger partial charge in [0.2, 0.25) is 0 Å². The maximum Gasteiger partial charge on any atom is 0.411 e. The van der Waals surface area contributed by atoms with Gasteiger partial charge in [-0.2, -0.15) is 0 Å². The molecule has 0 unspecified atom stereocenters. The van der Waals surface area contributed by atoms with E-state index in [0.29, 0.717) is 0 Å². The molecule has 0 spiro atoms. The summed E-state index contributed by atoms with van der Waals surface area (Å²) in [5.41, 5.74) is 1.82. The Morgan fingerprint density at radius 3 is 3.07 bits per heavy atom. The molecular weight excluding hydrogens is 178 g/mol. The fraction of sp³-hybridized carbons (Fsp3) is 0.182. The highest BCUT2D eigenvalue weighted by molar-refractivity contribution is 5.84. The summed E-state index contributed by atoms with van der Waals surface area (Å²) < 4.78 is 4.77. The third-order valence-electron chi connectivity index (χ3n) is 1.60. The maximum atomic E-state index is 11.1. The summed E-state index contributed by atoms with van der Waals surface area (Å²) in [4.78, 5) is 11.1. The Morgan fingerprint density at radius 1 is 1.64 bits per heavy atom. The highest BCUT2D eigenvalue weighted by Gasteiger charge is 2.00. The lowest BCUT2D eigenvalue weighted by Crippen LogP contribution is -2.13. The number of aryl methyl sites for hydroxylation is 1. The van der Waals surface area contributed by atoms with E-state index in [2.05, 4.69) is 11.9 Å². The fourth-order valence-corrected chi connectivity index (χ4v) is 1.01. The first kappa shape index (κ1) is 10.3. The first-order chi connectivity index (χ1) is 6.72. The topological polar surface area (TPSA) is 38.3 Å². The fourth-order valence-electron chi connectivity index (χ4n) is 1.01. The molecule has 0 heterocycles. The largest absolute Gasteiger partial charge is 0.445 e. The molecule has 0 radical (unpaired) electrons. The normalized spacial score (nSPS) is 9.21. The summed E-state index contributed by atoms with van der Waals surface area (Å²) in [6.07, 6.45) is 1.06. The molecule has 0 aromatic heterocycles. The van der Waals surface area contributed by atoms with Crippen LogP contribution in [0.5, 0.6) is 0 Å². The minimum absolute atomic E-state index is 0.220. The van der Waals surface area contributed by atoms with Crippen LogP contribution in [0.2, 0.25) is 0 Å². The molecule has 14 heavy (non-hydrogen) atoms. The van der Waals surface area contributed by atoms with Crippen molar-refractivity contribution in [3.63, 3.8) is 0 Å². The average Bonchev–Trinajstić information content (AvgIpc) is 2.15. The maximum absolute atomic E-state index is 11.1. The van der Waals surface area contributed by atoms with Crippen LogP contribution >= 0.6 is 0 Å². The van der Waals surface area contributed by atoms with Crippen LogP contribution in [0.4, 0.5) is 10.5 Å². The second-order valence-electron chi connectivity index (χ2n) is 2.88. The van der Waals surface area contributed by atoms with E-state index >= 15 is 0 Å². The summed E-state index contributed by atoms with van der Waals surface area (Å²) in [5.74, 6) is 0. The molecule has 0 saturated heterocycles. The van der Waals surface area contributed by atoms with Crippen molar-refractivity contribution in [2.75, 3.05) is 11.9 Å². The lowest BCUT2D eigenvalue weighted by atomic mass is 10.2. The van der Waals surface area contributed by atoms with E-state index in [1.807, 2.05) is 31.2 Å². The van der Waals surface area contributed by atoms with Gasteiger partial charge in [0.15, 0.2) is 0 Å². The summed E-state index contributed by atoms with van der Waals surface area (Å²) in [7, 11) is 0. The van der Waals surface area contributed by atoms with Crippen molar-refractivity contribution >= 4 is 11.8 Å². The Kier molecular flexibility index (Phi) is 3.73. The van der Waals surface area contributed by atoms with Gasteiger partial charge in [-0.1, -0.05) is 24.8 Å². The van der Waals surface area contributed by atoms with Crippen LogP contribution in [0, 0.1) is 6.92 Å². The molecule has 3 heteroatoms. The molecule has 1 aromatic carbocycles. The molecule has 74 valence electrons. The number of hydrogen-bond acceptors (Lipinski definition) is 2. The molecule has 0 bridgehead atoms. The number of carbonyl (C=O) groups excluding carboxylic acids is 1. The van der Waals surface area contributed by atoms with Crippen molar-refractivity contribution in [2.24, 2.45) is 0 Å². The molecule has 1 aromatic rings. The highest BCUT2D eigenvalue weighted by Crippen LogP contribution is 2.09. The van der Waals surface area contributed by atoms with Gasteiger partial charge >= 0.3 is 6.09 Å². The molecule has 0 saturated carbocycles. The monoisotopic (exact) mass is 191 g/mol. The van der Waals surface area contributed by atoms with E-state index < -0.39 is 6.09 Å². The zero-order valence-electron chi connectivity index (χ0n) is 8.12. The first-order valence-corrected chi connectivity index (χ1v) is 4.33. The smallest absolute Gasteiger partial charge is 0.411 e. The third-order valence-corrected chi connectivity index (χ3v) is 1.60. The van der Waals surface area contributed by atoms with E-state index in [4.69, 9.17) is 4.74 Å². The number of benzene rings is 1. The minimum atomic E-state index is -0.462. The zero-order chi connectivity index (χ0) is 10.4. The minimum Gasteiger partial charge on any atom is -0.445 e. The predicted octanol–water partition coefficient (Wildman–Crippen LogP) is 2.73. The SMILES string of the molecule is C=CCOC(=O)Nc1cccc(C)c1. The highest BCUT2D eigenvalue weighted by atomic mass is 16.5. The van der Waals surface area contributed by atoms with E-state index in [9.17, 15) is 4.79 Å². The standard InChI is InChI=1S/C11H13NO2/c1-3-7-14-11(13)12-10-6-4-5-9(2)8-10/h3-6,8H,1,7H2,2H3,(H,12,13). The van der Waals surface area contributed by atoms with Gasteiger partial charge in [-0.15, -0.1) is 0 Å². The number of rotatable bonds is 3. The van der Waals surface area contributed by atoms with E-state index in [0.717, 1.165) is 11.3 Å². The second kappa shape index (κ2) is 5.07. The van der Waals surface area contributed by atoms with E-state index in [-0.39, 0.29) is 6.61 Å². The van der Waals surface area contributed by atoms with E-state index in [1.54, 1.807) is 0 Å². The van der Waals surface area contributed by atoms with Crippen LogP contribution in [0.3, 0.4) is 0 Å². The molecule has 0 atom stereocenters. The van der Waals surface area contributed by atoms with Crippen molar-refractivity contribution in [3.8, 4) is 0 Å². The molecule has 0 aliphatic heterocycles. The Labute approximate surface area is 83.4 Å². The van der Waals surface area contributed by atoms with Crippen LogP contribution in [-0.4, -0.2) is 12.7 Å². The average molecular weight is 191 g/mol. The molecular formula is C11H13NO2. The predicted molar refractivity (Wildman–Crippen MR) is 56.3 cm³/mol. The molecule has 1 N–H and O–H groups in total. The number of nitrogens with one attached hydrogen (secondary N) is 1. The number of anilines is 1. The van der Waals surface area contributed by atoms with Crippen molar-refractivity contribution in [1.29, 1.82) is 0 Å². The van der Waals surface area contributed by atoms with Crippen molar-refractivity contribution in [2.45, 2.75) is 6.92 Å². The summed E-state index contributed by atoms with van der Waals surface area (Å²) in [6.45, 7) is 5.63. The van der Waals surface area contributed by atoms with Gasteiger partial charge in [0.1, 0.15) is 6.61 Å². The van der Waals surface area contributed by atoms with Crippen LogP contribution in [0.15, 0.2) is 36.9 Å². The van der Waals surface area contributed by atoms with Gasteiger partial charge in [0.25, 0.3) is 0 Å². The van der Waals surface area contributed by atoms with Gasteiger partial charge in [-0.3, -0.25) is 5.32 Å². The van der Waals surface area contributed by atoms with Gasteiger partial charge in [-0.05, 0) is 24.6 Å². The number of ether oxygens (including phenoxy) is 1. The number of hydrogen-bond donors (Lipinski definition) is 1. The van der Waals surface area contributed by atoms with Gasteiger partial charge in [0, 0.05) is 5.69 Å². The lowest BCUT2D eigenvalue weighted by molar-refractivity contribution is 0.174. The van der Waals surface area contributed by atoms with Gasteiger partial charge in [0.05, 0.1) is 0 Å². The van der Waals surface area contributed by atoms with Crippen LogP contribution in [-0.2, 0) is 4.74 Å². The van der Waals surface area contributed by atoms with Gasteiger partial charge in [-0.25, -0.2) is 4.79 Å². The van der Waals surface area contributed by atoms with Crippen molar-refractivity contribution < 1.29 is 9.53 Å². The molecule has 1 rings (SSSR count). The Balaban J connectivity index is 2.51. The third kappa shape index (κ3) is 3.31. The van der Waals surface area contributed by atoms with Crippen LogP contribution in [0.25, 0.3) is 0 Å². The number of amides is 1. The van der Waals surface area contributed by atoms with Gasteiger partial charge < -0.3 is 4.74 Å². The quantitative estimate of drug-likeness (QED) is 0.746. The lowest BCUT2D eigenvalue weighted by Gasteiger charge is -2.05. The zero-order valence-corrected chi connectivity index (χ0v) is 8.12. The summed E-state index contributed by atoms with van der Waals surface area (Å²) in [5, 5.41) is 2.61. The molecule has 0 aliphatic carbocycles.